The molecule has 0 saturated heterocycles. The highest BCUT2D eigenvalue weighted by Crippen LogP contribution is 2.35. The van der Waals surface area contributed by atoms with Gasteiger partial charge in [0, 0.05) is 12.1 Å². The van der Waals surface area contributed by atoms with E-state index >= 15 is 0 Å². The third kappa shape index (κ3) is 3.29. The van der Waals surface area contributed by atoms with E-state index in [1.807, 2.05) is 49.1 Å². The average Bonchev–Trinajstić information content (AvgIpc) is 2.98. The first-order valence-corrected chi connectivity index (χ1v) is 8.89. The number of carbonyl (C=O) groups is 2. The van der Waals surface area contributed by atoms with Crippen LogP contribution in [0.4, 0.5) is 0 Å². The molecule has 0 radical (unpaired) electrons. The van der Waals surface area contributed by atoms with Gasteiger partial charge in [0.05, 0.1) is 19.3 Å². The molecule has 1 aliphatic heterocycles. The lowest BCUT2D eigenvalue weighted by Gasteiger charge is -2.24. The summed E-state index contributed by atoms with van der Waals surface area (Å²) in [6, 6.07) is 13.2. The molecule has 1 atom stereocenters. The van der Waals surface area contributed by atoms with Crippen LogP contribution in [0.15, 0.2) is 42.5 Å². The zero-order valence-corrected chi connectivity index (χ0v) is 15.3. The van der Waals surface area contributed by atoms with Gasteiger partial charge < -0.3 is 14.4 Å². The molecule has 2 aromatic carbocycles. The van der Waals surface area contributed by atoms with Gasteiger partial charge in [0.15, 0.2) is 0 Å². The number of rotatable bonds is 6. The van der Waals surface area contributed by atoms with Gasteiger partial charge in [-0.25, -0.2) is 4.79 Å². The van der Waals surface area contributed by atoms with Crippen molar-refractivity contribution in [1.29, 1.82) is 0 Å². The third-order valence-electron chi connectivity index (χ3n) is 4.58. The van der Waals surface area contributed by atoms with Gasteiger partial charge in [0.1, 0.15) is 11.3 Å². The number of hydrogen-bond acceptors (Lipinski definition) is 4. The number of carbonyl (C=O) groups excluding carboxylic acids is 2. The van der Waals surface area contributed by atoms with E-state index in [9.17, 15) is 9.59 Å². The molecule has 5 nitrogen and oxygen atoms in total. The molecule has 0 fully saturated rings. The SMILES string of the molecule is CCOC(=O)c1cc2c(cc1OCC)C(=O)N(C(C)c1ccccc1)C2. The zero-order chi connectivity index (χ0) is 18.7. The average molecular weight is 353 g/mol. The highest BCUT2D eigenvalue weighted by molar-refractivity contribution is 6.02. The van der Waals surface area contributed by atoms with E-state index in [-0.39, 0.29) is 18.6 Å². The molecule has 1 heterocycles. The number of nitrogens with zero attached hydrogens (tertiary/aromatic N) is 1. The standard InChI is InChI=1S/C21H23NO4/c1-4-25-19-12-17-16(11-18(19)21(24)26-5-2)13-22(20(17)23)14(3)15-9-7-6-8-10-15/h6-12,14H,4-5,13H2,1-3H3. The lowest BCUT2D eigenvalue weighted by molar-refractivity contribution is 0.0521. The minimum absolute atomic E-state index is 0.0484. The normalized spacial score (nSPS) is 14.1. The maximum atomic E-state index is 12.9. The van der Waals surface area contributed by atoms with Gasteiger partial charge in [-0.2, -0.15) is 0 Å². The molecule has 26 heavy (non-hydrogen) atoms. The van der Waals surface area contributed by atoms with Crippen molar-refractivity contribution >= 4 is 11.9 Å². The molecule has 0 bridgehead atoms. The van der Waals surface area contributed by atoms with E-state index in [0.717, 1.165) is 11.1 Å². The lowest BCUT2D eigenvalue weighted by Crippen LogP contribution is -2.27. The van der Waals surface area contributed by atoms with Crippen LogP contribution in [0.1, 0.15) is 58.7 Å². The highest BCUT2D eigenvalue weighted by Gasteiger charge is 2.33. The summed E-state index contributed by atoms with van der Waals surface area (Å²) in [6.07, 6.45) is 0. The van der Waals surface area contributed by atoms with Gasteiger partial charge in [0.2, 0.25) is 0 Å². The van der Waals surface area contributed by atoms with E-state index in [4.69, 9.17) is 9.47 Å². The zero-order valence-electron chi connectivity index (χ0n) is 15.3. The second-order valence-electron chi connectivity index (χ2n) is 6.18. The summed E-state index contributed by atoms with van der Waals surface area (Å²) in [4.78, 5) is 27.0. The van der Waals surface area contributed by atoms with Gasteiger partial charge >= 0.3 is 5.97 Å². The monoisotopic (exact) mass is 353 g/mol. The molecule has 0 aliphatic carbocycles. The van der Waals surface area contributed by atoms with Crippen molar-refractivity contribution in [2.45, 2.75) is 33.4 Å². The molecule has 0 N–H and O–H groups in total. The van der Waals surface area contributed by atoms with Crippen molar-refractivity contribution in [3.05, 3.63) is 64.7 Å². The minimum Gasteiger partial charge on any atom is -0.493 e. The van der Waals surface area contributed by atoms with Crippen molar-refractivity contribution in [2.24, 2.45) is 0 Å². The minimum atomic E-state index is -0.430. The number of hydrogen-bond donors (Lipinski definition) is 0. The van der Waals surface area contributed by atoms with E-state index in [0.29, 0.717) is 30.0 Å². The maximum Gasteiger partial charge on any atom is 0.341 e. The summed E-state index contributed by atoms with van der Waals surface area (Å²) in [7, 11) is 0. The Morgan fingerprint density at radius 1 is 1.15 bits per heavy atom. The van der Waals surface area contributed by atoms with Crippen molar-refractivity contribution < 1.29 is 19.1 Å². The van der Waals surface area contributed by atoms with Crippen LogP contribution in [0.25, 0.3) is 0 Å². The molecule has 0 saturated carbocycles. The fraction of sp³-hybridized carbons (Fsp3) is 0.333. The van der Waals surface area contributed by atoms with Crippen LogP contribution in [0, 0.1) is 0 Å². The fourth-order valence-electron chi connectivity index (χ4n) is 3.23. The summed E-state index contributed by atoms with van der Waals surface area (Å²) < 4.78 is 10.7. The molecule has 3 rings (SSSR count). The van der Waals surface area contributed by atoms with Gasteiger partial charge in [-0.05, 0) is 44.0 Å². The van der Waals surface area contributed by atoms with Crippen molar-refractivity contribution in [3.8, 4) is 5.75 Å². The molecule has 1 aliphatic rings. The van der Waals surface area contributed by atoms with E-state index in [1.54, 1.807) is 19.1 Å². The molecule has 136 valence electrons. The van der Waals surface area contributed by atoms with Crippen LogP contribution >= 0.6 is 0 Å². The summed E-state index contributed by atoms with van der Waals surface area (Å²) >= 11 is 0. The van der Waals surface area contributed by atoms with Crippen molar-refractivity contribution in [2.75, 3.05) is 13.2 Å². The van der Waals surface area contributed by atoms with Gasteiger partial charge in [-0.15, -0.1) is 0 Å². The predicted molar refractivity (Wildman–Crippen MR) is 98.3 cm³/mol. The topological polar surface area (TPSA) is 55.8 Å². The first-order chi connectivity index (χ1) is 12.6. The predicted octanol–water partition coefficient (Wildman–Crippen LogP) is 3.98. The Balaban J connectivity index is 1.95. The second-order valence-corrected chi connectivity index (χ2v) is 6.18. The lowest BCUT2D eigenvalue weighted by atomic mass is 10.0. The van der Waals surface area contributed by atoms with E-state index < -0.39 is 5.97 Å². The first-order valence-electron chi connectivity index (χ1n) is 8.89. The number of esters is 1. The Kier molecular flexibility index (Phi) is 5.26. The van der Waals surface area contributed by atoms with Crippen LogP contribution in [0.5, 0.6) is 5.75 Å². The van der Waals surface area contributed by atoms with Crippen LogP contribution in [0.2, 0.25) is 0 Å². The van der Waals surface area contributed by atoms with Crippen LogP contribution < -0.4 is 4.74 Å². The van der Waals surface area contributed by atoms with E-state index in [1.165, 1.54) is 0 Å². The Hall–Kier alpha value is -2.82. The summed E-state index contributed by atoms with van der Waals surface area (Å²) in [6.45, 7) is 6.77. The molecule has 1 amide bonds. The molecule has 1 unspecified atom stereocenters. The molecular weight excluding hydrogens is 330 g/mol. The quantitative estimate of drug-likeness (QED) is 0.737. The van der Waals surface area contributed by atoms with Gasteiger partial charge in [0.25, 0.3) is 5.91 Å². The van der Waals surface area contributed by atoms with Crippen LogP contribution in [-0.4, -0.2) is 30.0 Å². The third-order valence-corrected chi connectivity index (χ3v) is 4.58. The number of amides is 1. The first kappa shape index (κ1) is 18.0. The Morgan fingerprint density at radius 2 is 1.88 bits per heavy atom. The Bertz CT molecular complexity index is 816. The summed E-state index contributed by atoms with van der Waals surface area (Å²) in [5.41, 5.74) is 2.85. The second kappa shape index (κ2) is 7.60. The number of ether oxygens (including phenoxy) is 2. The summed E-state index contributed by atoms with van der Waals surface area (Å²) in [5.74, 6) is -0.0827. The molecular formula is C21H23NO4. The van der Waals surface area contributed by atoms with Crippen molar-refractivity contribution in [3.63, 3.8) is 0 Å². The molecule has 0 spiro atoms. The number of benzene rings is 2. The summed E-state index contributed by atoms with van der Waals surface area (Å²) in [5, 5.41) is 0. The van der Waals surface area contributed by atoms with E-state index in [2.05, 4.69) is 0 Å². The Labute approximate surface area is 153 Å². The van der Waals surface area contributed by atoms with Gasteiger partial charge in [-0.3, -0.25) is 4.79 Å². The van der Waals surface area contributed by atoms with Crippen LogP contribution in [-0.2, 0) is 11.3 Å². The molecule has 0 aromatic heterocycles. The highest BCUT2D eigenvalue weighted by atomic mass is 16.5. The molecule has 2 aromatic rings. The fourth-order valence-corrected chi connectivity index (χ4v) is 3.23. The number of fused-ring (bicyclic) bond motifs is 1. The smallest absolute Gasteiger partial charge is 0.341 e. The van der Waals surface area contributed by atoms with Gasteiger partial charge in [-0.1, -0.05) is 30.3 Å². The maximum absolute atomic E-state index is 12.9. The van der Waals surface area contributed by atoms with Crippen molar-refractivity contribution in [1.82, 2.24) is 4.90 Å². The molecule has 5 heteroatoms. The van der Waals surface area contributed by atoms with Crippen LogP contribution in [0.3, 0.4) is 0 Å². The Morgan fingerprint density at radius 3 is 2.54 bits per heavy atom. The largest absolute Gasteiger partial charge is 0.493 e.